The van der Waals surface area contributed by atoms with E-state index in [9.17, 15) is 19.8 Å². The predicted molar refractivity (Wildman–Crippen MR) is 370 cm³/mol. The molecule has 0 aliphatic rings. The summed E-state index contributed by atoms with van der Waals surface area (Å²) < 4.78 is 5.51. The first-order valence-electron chi connectivity index (χ1n) is 38.3. The maximum Gasteiger partial charge on any atom is 0.305 e. The van der Waals surface area contributed by atoms with Crippen molar-refractivity contribution in [3.8, 4) is 0 Å². The highest BCUT2D eigenvalue weighted by atomic mass is 16.5. The van der Waals surface area contributed by atoms with Crippen molar-refractivity contribution < 1.29 is 24.5 Å². The van der Waals surface area contributed by atoms with Gasteiger partial charge in [0, 0.05) is 12.8 Å². The third-order valence-corrected chi connectivity index (χ3v) is 17.9. The molecular weight excluding hydrogens is 1030 g/mol. The van der Waals surface area contributed by atoms with Crippen molar-refractivity contribution in [2.45, 2.75) is 437 Å². The fourth-order valence-electron chi connectivity index (χ4n) is 12.1. The fraction of sp³-hybridized carbons (Fsp3) is 0.897. The van der Waals surface area contributed by atoms with Crippen LogP contribution in [-0.4, -0.2) is 47.4 Å². The molecule has 0 spiro atoms. The summed E-state index contributed by atoms with van der Waals surface area (Å²) in [6, 6.07) is -0.627. The number of nitrogens with one attached hydrogen (secondary N) is 1. The third-order valence-electron chi connectivity index (χ3n) is 17.9. The molecular formula is C78H149NO5. The van der Waals surface area contributed by atoms with E-state index in [0.717, 1.165) is 51.4 Å². The molecule has 2 atom stereocenters. The summed E-state index contributed by atoms with van der Waals surface area (Å²) in [6.07, 6.45) is 95.3. The highest BCUT2D eigenvalue weighted by Gasteiger charge is 2.18. The Balaban J connectivity index is 3.36. The highest BCUT2D eigenvalue weighted by Crippen LogP contribution is 2.19. The number of unbranched alkanes of at least 4 members (excludes halogenated alkanes) is 57. The molecule has 0 heterocycles. The predicted octanol–water partition coefficient (Wildman–Crippen LogP) is 25.0. The lowest BCUT2D eigenvalue weighted by atomic mass is 10.0. The van der Waals surface area contributed by atoms with Gasteiger partial charge in [-0.1, -0.05) is 384 Å². The van der Waals surface area contributed by atoms with Crippen LogP contribution in [0.1, 0.15) is 425 Å². The molecule has 496 valence electrons. The second-order valence-corrected chi connectivity index (χ2v) is 26.3. The largest absolute Gasteiger partial charge is 0.466 e. The number of hydrogen-bond donors (Lipinski definition) is 3. The van der Waals surface area contributed by atoms with Crippen molar-refractivity contribution in [3.05, 3.63) is 36.5 Å². The van der Waals surface area contributed by atoms with Gasteiger partial charge < -0.3 is 20.3 Å². The van der Waals surface area contributed by atoms with Crippen LogP contribution in [0, 0.1) is 0 Å². The fourth-order valence-corrected chi connectivity index (χ4v) is 12.1. The highest BCUT2D eigenvalue weighted by molar-refractivity contribution is 5.76. The average molecular weight is 1180 g/mol. The van der Waals surface area contributed by atoms with Gasteiger partial charge in [0.25, 0.3) is 0 Å². The molecule has 6 heteroatoms. The first-order chi connectivity index (χ1) is 41.5. The van der Waals surface area contributed by atoms with Crippen molar-refractivity contribution >= 4 is 11.9 Å². The van der Waals surface area contributed by atoms with Crippen LogP contribution in [0.25, 0.3) is 0 Å². The molecule has 0 aromatic heterocycles. The van der Waals surface area contributed by atoms with E-state index in [-0.39, 0.29) is 18.5 Å². The van der Waals surface area contributed by atoms with Crippen molar-refractivity contribution in [2.75, 3.05) is 13.2 Å². The summed E-state index contributed by atoms with van der Waals surface area (Å²) in [5, 5.41) is 23.3. The van der Waals surface area contributed by atoms with E-state index in [0.29, 0.717) is 19.4 Å². The van der Waals surface area contributed by atoms with Crippen molar-refractivity contribution in [1.29, 1.82) is 0 Å². The molecule has 6 nitrogen and oxygen atoms in total. The van der Waals surface area contributed by atoms with Gasteiger partial charge in [0.1, 0.15) is 0 Å². The summed E-state index contributed by atoms with van der Waals surface area (Å²) >= 11 is 0. The number of allylic oxidation sites excluding steroid dienone is 5. The van der Waals surface area contributed by atoms with Gasteiger partial charge >= 0.3 is 5.97 Å². The minimum absolute atomic E-state index is 0.0154. The summed E-state index contributed by atoms with van der Waals surface area (Å²) in [7, 11) is 0. The number of amides is 1. The Morgan fingerprint density at radius 2 is 0.595 bits per heavy atom. The van der Waals surface area contributed by atoms with E-state index in [1.165, 1.54) is 347 Å². The maximum absolute atomic E-state index is 12.5. The number of carbonyl (C=O) groups is 2. The topological polar surface area (TPSA) is 95.9 Å². The Hall–Kier alpha value is -1.92. The molecule has 0 fully saturated rings. The molecule has 1 amide bonds. The van der Waals surface area contributed by atoms with Gasteiger partial charge in [-0.2, -0.15) is 0 Å². The number of carbonyl (C=O) groups excluding carboxylic acids is 2. The minimum Gasteiger partial charge on any atom is -0.466 e. The molecule has 3 N–H and O–H groups in total. The van der Waals surface area contributed by atoms with Gasteiger partial charge in [0.15, 0.2) is 0 Å². The third kappa shape index (κ3) is 69.2. The molecule has 0 aromatic rings. The zero-order chi connectivity index (χ0) is 60.6. The molecule has 84 heavy (non-hydrogen) atoms. The molecule has 0 saturated carbocycles. The zero-order valence-electron chi connectivity index (χ0n) is 56.9. The number of aliphatic hydroxyl groups is 2. The first-order valence-corrected chi connectivity index (χ1v) is 38.3. The second-order valence-electron chi connectivity index (χ2n) is 26.3. The monoisotopic (exact) mass is 1180 g/mol. The lowest BCUT2D eigenvalue weighted by Crippen LogP contribution is -2.45. The van der Waals surface area contributed by atoms with Gasteiger partial charge in [0.2, 0.25) is 5.91 Å². The molecule has 0 radical (unpaired) electrons. The van der Waals surface area contributed by atoms with E-state index in [1.54, 1.807) is 6.08 Å². The van der Waals surface area contributed by atoms with Crippen LogP contribution >= 0.6 is 0 Å². The average Bonchev–Trinajstić information content (AvgIpc) is 3.51. The van der Waals surface area contributed by atoms with Crippen LogP contribution in [-0.2, 0) is 14.3 Å². The SMILES string of the molecule is CCCCC/C=C\C/C=C\CCCCCCCCCCCC(=O)OCCCCCCCCCCCCCCCCCCCCCCCCCCCCCCC(=O)NC(CO)C(O)/C=C/CCCCCCCCCCCCCCCCCCCC. The van der Waals surface area contributed by atoms with E-state index in [1.807, 2.05) is 6.08 Å². The number of aliphatic hydroxyl groups excluding tert-OH is 2. The van der Waals surface area contributed by atoms with Gasteiger partial charge in [-0.05, 0) is 64.2 Å². The van der Waals surface area contributed by atoms with Crippen LogP contribution in [0.5, 0.6) is 0 Å². The number of hydrogen-bond acceptors (Lipinski definition) is 5. The van der Waals surface area contributed by atoms with Crippen LogP contribution in [0.4, 0.5) is 0 Å². The van der Waals surface area contributed by atoms with E-state index < -0.39 is 12.1 Å². The Morgan fingerprint density at radius 3 is 0.929 bits per heavy atom. The van der Waals surface area contributed by atoms with E-state index in [4.69, 9.17) is 4.74 Å². The number of ether oxygens (including phenoxy) is 1. The Kier molecular flexibility index (Phi) is 71.9. The Bertz CT molecular complexity index is 1360. The minimum atomic E-state index is -0.843. The van der Waals surface area contributed by atoms with Gasteiger partial charge in [-0.25, -0.2) is 0 Å². The first kappa shape index (κ1) is 82.1. The number of esters is 1. The molecule has 0 aliphatic carbocycles. The smallest absolute Gasteiger partial charge is 0.305 e. The standard InChI is InChI=1S/C78H149NO5/c1-3-5-7-9-11-13-15-17-19-21-23-35-38-42-46-50-54-58-62-66-70-76(81)75(74-80)79-77(82)71-67-63-59-55-51-47-43-39-36-32-30-28-26-24-25-27-29-31-33-37-41-45-49-53-57-61-65-69-73-84-78(83)72-68-64-60-56-52-48-44-40-34-22-20-18-16-14-12-10-8-6-4-2/h12,14,18,20,66,70,75-76,80-81H,3-11,13,15-17,19,21-65,67-69,71-74H2,1-2H3,(H,79,82)/b14-12-,20-18-,70-66+. The van der Waals surface area contributed by atoms with Crippen LogP contribution in [0.15, 0.2) is 36.5 Å². The maximum atomic E-state index is 12.5. The Labute approximate surface area is 525 Å². The summed E-state index contributed by atoms with van der Waals surface area (Å²) in [6.45, 7) is 4.92. The molecule has 2 unspecified atom stereocenters. The van der Waals surface area contributed by atoms with Crippen LogP contribution < -0.4 is 5.32 Å². The lowest BCUT2D eigenvalue weighted by molar-refractivity contribution is -0.143. The van der Waals surface area contributed by atoms with Crippen molar-refractivity contribution in [1.82, 2.24) is 5.32 Å². The second kappa shape index (κ2) is 73.5. The molecule has 0 rings (SSSR count). The molecule has 0 aliphatic heterocycles. The molecule has 0 saturated heterocycles. The van der Waals surface area contributed by atoms with E-state index >= 15 is 0 Å². The van der Waals surface area contributed by atoms with Crippen molar-refractivity contribution in [3.63, 3.8) is 0 Å². The van der Waals surface area contributed by atoms with Crippen molar-refractivity contribution in [2.24, 2.45) is 0 Å². The summed E-state index contributed by atoms with van der Waals surface area (Å²) in [5.74, 6) is -0.0454. The van der Waals surface area contributed by atoms with Gasteiger partial charge in [-0.15, -0.1) is 0 Å². The number of rotatable bonds is 72. The normalized spacial score (nSPS) is 12.7. The molecule has 0 aromatic carbocycles. The van der Waals surface area contributed by atoms with Gasteiger partial charge in [-0.3, -0.25) is 9.59 Å². The zero-order valence-corrected chi connectivity index (χ0v) is 56.9. The Morgan fingerprint density at radius 1 is 0.333 bits per heavy atom. The van der Waals surface area contributed by atoms with Crippen LogP contribution in [0.3, 0.4) is 0 Å². The van der Waals surface area contributed by atoms with E-state index in [2.05, 4.69) is 43.5 Å². The summed E-state index contributed by atoms with van der Waals surface area (Å²) in [4.78, 5) is 24.7. The molecule has 0 bridgehead atoms. The van der Waals surface area contributed by atoms with Gasteiger partial charge in [0.05, 0.1) is 25.4 Å². The van der Waals surface area contributed by atoms with Crippen LogP contribution in [0.2, 0.25) is 0 Å². The lowest BCUT2D eigenvalue weighted by Gasteiger charge is -2.20. The quantitative estimate of drug-likeness (QED) is 0.0320. The summed E-state index contributed by atoms with van der Waals surface area (Å²) in [5.41, 5.74) is 0.